The van der Waals surface area contributed by atoms with Crippen molar-refractivity contribution in [2.75, 3.05) is 38.6 Å². The van der Waals surface area contributed by atoms with Gasteiger partial charge in [-0.25, -0.2) is 4.79 Å². The molecule has 0 aromatic heterocycles. The molecule has 1 aromatic carbocycles. The first-order valence-electron chi connectivity index (χ1n) is 10.4. The number of benzene rings is 1. The van der Waals surface area contributed by atoms with Crippen molar-refractivity contribution in [2.24, 2.45) is 11.8 Å². The van der Waals surface area contributed by atoms with Gasteiger partial charge in [-0.3, -0.25) is 0 Å². The van der Waals surface area contributed by atoms with Crippen molar-refractivity contribution in [3.63, 3.8) is 0 Å². The number of urea groups is 1. The predicted molar refractivity (Wildman–Crippen MR) is 109 cm³/mol. The molecule has 2 amide bonds. The van der Waals surface area contributed by atoms with Crippen molar-refractivity contribution in [2.45, 2.75) is 45.5 Å². The number of aliphatic hydroxyl groups excluding tert-OH is 1. The van der Waals surface area contributed by atoms with E-state index >= 15 is 0 Å². The fraction of sp³-hybridized carbons (Fsp3) is 0.667. The fourth-order valence-electron chi connectivity index (χ4n) is 4.05. The van der Waals surface area contributed by atoms with E-state index in [-0.39, 0.29) is 36.3 Å². The van der Waals surface area contributed by atoms with Crippen LogP contribution in [0.2, 0.25) is 0 Å². The molecular weight excluding hydrogens is 399 g/mol. The van der Waals surface area contributed by atoms with E-state index in [0.717, 1.165) is 44.5 Å². The summed E-state index contributed by atoms with van der Waals surface area (Å²) in [6, 6.07) is 4.35. The van der Waals surface area contributed by atoms with E-state index in [4.69, 9.17) is 0 Å². The second kappa shape index (κ2) is 10.9. The number of nitrogens with zero attached hydrogens (tertiary/aromatic N) is 2. The van der Waals surface area contributed by atoms with Crippen molar-refractivity contribution in [3.05, 3.63) is 24.3 Å². The number of unbranched alkanes of at least 4 members (excludes halogenated alkanes) is 1. The van der Waals surface area contributed by atoms with Gasteiger partial charge in [-0.1, -0.05) is 26.7 Å². The Morgan fingerprint density at radius 2 is 1.97 bits per heavy atom. The Bertz CT molecular complexity index is 670. The van der Waals surface area contributed by atoms with Crippen LogP contribution in [-0.2, 0) is 0 Å². The minimum absolute atomic E-state index is 0.130. The highest BCUT2D eigenvalue weighted by atomic mass is 19.4. The van der Waals surface area contributed by atoms with E-state index in [2.05, 4.69) is 35.8 Å². The zero-order valence-electron chi connectivity index (χ0n) is 17.8. The second-order valence-electron chi connectivity index (χ2n) is 7.85. The summed E-state index contributed by atoms with van der Waals surface area (Å²) in [6.45, 7) is 6.41. The summed E-state index contributed by atoms with van der Waals surface area (Å²) in [5.74, 6) is 0.0887. The molecule has 2 rings (SSSR count). The zero-order chi connectivity index (χ0) is 22.3. The monoisotopic (exact) mass is 431 g/mol. The normalized spacial score (nSPS) is 21.9. The van der Waals surface area contributed by atoms with Gasteiger partial charge in [0, 0.05) is 18.8 Å². The molecule has 0 saturated carbocycles. The van der Waals surface area contributed by atoms with Crippen LogP contribution in [0, 0.1) is 11.8 Å². The number of rotatable bonds is 9. The zero-order valence-corrected chi connectivity index (χ0v) is 17.8. The molecule has 1 heterocycles. The highest BCUT2D eigenvalue weighted by molar-refractivity contribution is 5.89. The number of anilines is 1. The first-order valence-corrected chi connectivity index (χ1v) is 10.4. The van der Waals surface area contributed by atoms with Crippen LogP contribution < -0.4 is 10.1 Å². The van der Waals surface area contributed by atoms with Gasteiger partial charge in [-0.05, 0) is 56.1 Å². The third kappa shape index (κ3) is 6.77. The van der Waals surface area contributed by atoms with E-state index < -0.39 is 6.36 Å². The van der Waals surface area contributed by atoms with Gasteiger partial charge in [0.25, 0.3) is 0 Å². The molecule has 0 bridgehead atoms. The standard InChI is InChI=1S/C21H32F3N3O3/c1-4-6-11-26(3)13-18-15(5-2)12-27(19(18)14-28)20(29)25-16-7-9-17(10-8-16)30-21(22,23)24/h7-10,15,18-19,28H,4-6,11-14H2,1-3H3,(H,25,29)/t15-,18-,19-/m1/s1. The average molecular weight is 431 g/mol. The Labute approximate surface area is 176 Å². The lowest BCUT2D eigenvalue weighted by atomic mass is 9.88. The number of halogens is 3. The van der Waals surface area contributed by atoms with Gasteiger partial charge >= 0.3 is 12.4 Å². The topological polar surface area (TPSA) is 65.0 Å². The van der Waals surface area contributed by atoms with Crippen LogP contribution >= 0.6 is 0 Å². The molecule has 1 aliphatic rings. The van der Waals surface area contributed by atoms with Crippen LogP contribution in [-0.4, -0.2) is 66.6 Å². The average Bonchev–Trinajstić information content (AvgIpc) is 3.04. The number of carbonyl (C=O) groups excluding carboxylic acids is 1. The van der Waals surface area contributed by atoms with Crippen LogP contribution in [0.25, 0.3) is 0 Å². The maximum absolute atomic E-state index is 12.8. The molecule has 3 atom stereocenters. The Balaban J connectivity index is 2.03. The predicted octanol–water partition coefficient (Wildman–Crippen LogP) is 4.17. The SMILES string of the molecule is CCCCN(C)C[C@@H]1[C@H](CC)CN(C(=O)Nc2ccc(OC(F)(F)F)cc2)[C@@H]1CO. The molecule has 0 aliphatic carbocycles. The summed E-state index contributed by atoms with van der Waals surface area (Å²) < 4.78 is 40.7. The molecule has 1 fully saturated rings. The van der Waals surface area contributed by atoms with E-state index in [1.807, 2.05) is 0 Å². The molecule has 2 N–H and O–H groups in total. The van der Waals surface area contributed by atoms with E-state index in [1.165, 1.54) is 12.1 Å². The van der Waals surface area contributed by atoms with Crippen molar-refractivity contribution < 1.29 is 27.8 Å². The number of amides is 2. The molecule has 6 nitrogen and oxygen atoms in total. The van der Waals surface area contributed by atoms with Crippen LogP contribution in [0.15, 0.2) is 24.3 Å². The third-order valence-corrected chi connectivity index (χ3v) is 5.66. The summed E-state index contributed by atoms with van der Waals surface area (Å²) in [7, 11) is 2.06. The summed E-state index contributed by atoms with van der Waals surface area (Å²) in [5, 5.41) is 12.7. The number of likely N-dealkylation sites (tertiary alicyclic amines) is 1. The quantitative estimate of drug-likeness (QED) is 0.616. The summed E-state index contributed by atoms with van der Waals surface area (Å²) in [4.78, 5) is 16.7. The fourth-order valence-corrected chi connectivity index (χ4v) is 4.05. The van der Waals surface area contributed by atoms with E-state index in [9.17, 15) is 23.1 Å². The van der Waals surface area contributed by atoms with Gasteiger partial charge in [0.1, 0.15) is 5.75 Å². The molecule has 1 saturated heterocycles. The van der Waals surface area contributed by atoms with Crippen LogP contribution in [0.1, 0.15) is 33.1 Å². The number of alkyl halides is 3. The highest BCUT2D eigenvalue weighted by Gasteiger charge is 2.43. The van der Waals surface area contributed by atoms with Gasteiger partial charge < -0.3 is 25.0 Å². The largest absolute Gasteiger partial charge is 0.573 e. The van der Waals surface area contributed by atoms with Gasteiger partial charge in [0.05, 0.1) is 12.6 Å². The third-order valence-electron chi connectivity index (χ3n) is 5.66. The van der Waals surface area contributed by atoms with Gasteiger partial charge in [-0.15, -0.1) is 13.2 Å². The number of nitrogens with one attached hydrogen (secondary N) is 1. The maximum Gasteiger partial charge on any atom is 0.573 e. The van der Waals surface area contributed by atoms with E-state index in [1.54, 1.807) is 4.90 Å². The second-order valence-corrected chi connectivity index (χ2v) is 7.85. The lowest BCUT2D eigenvalue weighted by Gasteiger charge is -2.30. The van der Waals surface area contributed by atoms with Crippen LogP contribution in [0.3, 0.4) is 0 Å². The molecule has 9 heteroatoms. The summed E-state index contributed by atoms with van der Waals surface area (Å²) >= 11 is 0. The first-order chi connectivity index (χ1) is 14.2. The molecule has 30 heavy (non-hydrogen) atoms. The smallest absolute Gasteiger partial charge is 0.406 e. The maximum atomic E-state index is 12.8. The van der Waals surface area contributed by atoms with Crippen LogP contribution in [0.5, 0.6) is 5.75 Å². The number of aliphatic hydroxyl groups is 1. The molecule has 0 spiro atoms. The van der Waals surface area contributed by atoms with Crippen molar-refractivity contribution in [1.29, 1.82) is 0 Å². The molecule has 0 radical (unpaired) electrons. The number of hydrogen-bond donors (Lipinski definition) is 2. The Morgan fingerprint density at radius 1 is 1.30 bits per heavy atom. The Kier molecular flexibility index (Phi) is 8.78. The Hall–Kier alpha value is -2.00. The number of ether oxygens (including phenoxy) is 1. The minimum atomic E-state index is -4.76. The summed E-state index contributed by atoms with van der Waals surface area (Å²) in [6.07, 6.45) is -1.65. The molecule has 0 unspecified atom stereocenters. The van der Waals surface area contributed by atoms with Crippen molar-refractivity contribution >= 4 is 11.7 Å². The molecule has 1 aliphatic heterocycles. The van der Waals surface area contributed by atoms with Gasteiger partial charge in [0.15, 0.2) is 0 Å². The van der Waals surface area contributed by atoms with Gasteiger partial charge in [-0.2, -0.15) is 0 Å². The minimum Gasteiger partial charge on any atom is -0.406 e. The van der Waals surface area contributed by atoms with Crippen molar-refractivity contribution in [1.82, 2.24) is 9.80 Å². The molecule has 170 valence electrons. The first kappa shape index (κ1) is 24.3. The van der Waals surface area contributed by atoms with Gasteiger partial charge in [0.2, 0.25) is 0 Å². The van der Waals surface area contributed by atoms with Crippen LogP contribution in [0.4, 0.5) is 23.7 Å². The Morgan fingerprint density at radius 3 is 2.50 bits per heavy atom. The number of carbonyl (C=O) groups is 1. The van der Waals surface area contributed by atoms with E-state index in [0.29, 0.717) is 12.2 Å². The highest BCUT2D eigenvalue weighted by Crippen LogP contribution is 2.33. The lowest BCUT2D eigenvalue weighted by Crippen LogP contribution is -2.44. The summed E-state index contributed by atoms with van der Waals surface area (Å²) in [5.41, 5.74) is 0.364. The van der Waals surface area contributed by atoms with Crippen molar-refractivity contribution in [3.8, 4) is 5.75 Å². The molecule has 1 aromatic rings. The lowest BCUT2D eigenvalue weighted by molar-refractivity contribution is -0.274. The number of hydrogen-bond acceptors (Lipinski definition) is 4. The molecular formula is C21H32F3N3O3.